The van der Waals surface area contributed by atoms with Gasteiger partial charge in [-0.3, -0.25) is 0 Å². The van der Waals surface area contributed by atoms with Gasteiger partial charge in [-0.2, -0.15) is 0 Å². The summed E-state index contributed by atoms with van der Waals surface area (Å²) in [4.78, 5) is 0. The van der Waals surface area contributed by atoms with Crippen molar-refractivity contribution in [3.8, 4) is 5.75 Å². The predicted molar refractivity (Wildman–Crippen MR) is 90.7 cm³/mol. The Bertz CT molecular complexity index is 393. The average Bonchev–Trinajstić information content (AvgIpc) is 2.55. The smallest absolute Gasteiger partial charge is 0.123 e. The van der Waals surface area contributed by atoms with E-state index in [9.17, 15) is 4.39 Å². The Morgan fingerprint density at radius 2 is 1.50 bits per heavy atom. The fraction of sp³-hybridized carbons (Fsp3) is 0.700. The van der Waals surface area contributed by atoms with E-state index in [1.54, 1.807) is 12.1 Å². The SMILES string of the molecule is CCCCCC1CCC(CCCOc2ccc(F)cc2)CC1. The molecule has 2 heteroatoms. The monoisotopic (exact) mass is 306 g/mol. The molecule has 1 aromatic rings. The first-order valence-electron chi connectivity index (χ1n) is 9.16. The minimum Gasteiger partial charge on any atom is -0.494 e. The Hall–Kier alpha value is -1.05. The van der Waals surface area contributed by atoms with Crippen LogP contribution < -0.4 is 4.74 Å². The van der Waals surface area contributed by atoms with Crippen molar-refractivity contribution in [2.24, 2.45) is 11.8 Å². The lowest BCUT2D eigenvalue weighted by molar-refractivity contribution is 0.228. The highest BCUT2D eigenvalue weighted by molar-refractivity contribution is 5.21. The van der Waals surface area contributed by atoms with Gasteiger partial charge in [0.15, 0.2) is 0 Å². The molecule has 0 radical (unpaired) electrons. The fourth-order valence-electron chi connectivity index (χ4n) is 3.58. The molecule has 1 aliphatic carbocycles. The predicted octanol–water partition coefficient (Wildman–Crippen LogP) is 6.37. The summed E-state index contributed by atoms with van der Waals surface area (Å²) in [7, 11) is 0. The number of hydrogen-bond acceptors (Lipinski definition) is 1. The summed E-state index contributed by atoms with van der Waals surface area (Å²) in [5.41, 5.74) is 0. The van der Waals surface area contributed by atoms with Crippen LogP contribution >= 0.6 is 0 Å². The number of ether oxygens (including phenoxy) is 1. The van der Waals surface area contributed by atoms with Gasteiger partial charge in [0.05, 0.1) is 6.61 Å². The Morgan fingerprint density at radius 1 is 0.909 bits per heavy atom. The molecule has 1 nitrogen and oxygen atoms in total. The van der Waals surface area contributed by atoms with Crippen LogP contribution in [0, 0.1) is 17.7 Å². The van der Waals surface area contributed by atoms with Crippen LogP contribution in [-0.2, 0) is 0 Å². The molecule has 0 spiro atoms. The molecule has 0 heterocycles. The number of halogens is 1. The van der Waals surface area contributed by atoms with Crippen molar-refractivity contribution in [3.63, 3.8) is 0 Å². The summed E-state index contributed by atoms with van der Waals surface area (Å²) in [6.45, 7) is 3.03. The second-order valence-electron chi connectivity index (χ2n) is 6.83. The summed E-state index contributed by atoms with van der Waals surface area (Å²) in [5.74, 6) is 2.47. The normalized spacial score (nSPS) is 21.7. The van der Waals surface area contributed by atoms with Crippen LogP contribution in [-0.4, -0.2) is 6.61 Å². The molecule has 2 rings (SSSR count). The second kappa shape index (κ2) is 9.86. The van der Waals surface area contributed by atoms with Gasteiger partial charge in [-0.05, 0) is 48.9 Å². The molecular weight excluding hydrogens is 275 g/mol. The van der Waals surface area contributed by atoms with Crippen LogP contribution in [0.4, 0.5) is 4.39 Å². The molecule has 0 N–H and O–H groups in total. The van der Waals surface area contributed by atoms with E-state index in [0.717, 1.165) is 30.6 Å². The van der Waals surface area contributed by atoms with Gasteiger partial charge in [-0.15, -0.1) is 0 Å². The first kappa shape index (κ1) is 17.3. The van der Waals surface area contributed by atoms with Gasteiger partial charge >= 0.3 is 0 Å². The first-order chi connectivity index (χ1) is 10.8. The molecular formula is C20H31FO. The highest BCUT2D eigenvalue weighted by atomic mass is 19.1. The molecule has 0 unspecified atom stereocenters. The zero-order valence-electron chi connectivity index (χ0n) is 14.0. The Labute approximate surface area is 135 Å². The minimum atomic E-state index is -0.206. The zero-order chi connectivity index (χ0) is 15.6. The number of benzene rings is 1. The Morgan fingerprint density at radius 3 is 2.09 bits per heavy atom. The van der Waals surface area contributed by atoms with Crippen LogP contribution in [0.3, 0.4) is 0 Å². The van der Waals surface area contributed by atoms with Crippen molar-refractivity contribution in [1.29, 1.82) is 0 Å². The average molecular weight is 306 g/mol. The molecule has 0 aromatic heterocycles. The van der Waals surface area contributed by atoms with Gasteiger partial charge < -0.3 is 4.74 Å². The summed E-state index contributed by atoms with van der Waals surface area (Å²) in [6.07, 6.45) is 13.7. The fourth-order valence-corrected chi connectivity index (χ4v) is 3.58. The molecule has 1 fully saturated rings. The topological polar surface area (TPSA) is 9.23 Å². The molecule has 1 aromatic carbocycles. The maximum atomic E-state index is 12.8. The van der Waals surface area contributed by atoms with Crippen LogP contribution in [0.5, 0.6) is 5.75 Å². The molecule has 1 saturated carbocycles. The summed E-state index contributed by atoms with van der Waals surface area (Å²) in [5, 5.41) is 0. The third kappa shape index (κ3) is 6.37. The second-order valence-corrected chi connectivity index (χ2v) is 6.83. The van der Waals surface area contributed by atoms with Crippen molar-refractivity contribution in [2.75, 3.05) is 6.61 Å². The van der Waals surface area contributed by atoms with Crippen molar-refractivity contribution < 1.29 is 9.13 Å². The summed E-state index contributed by atoms with van der Waals surface area (Å²) in [6, 6.07) is 6.32. The van der Waals surface area contributed by atoms with Gasteiger partial charge in [0.25, 0.3) is 0 Å². The molecule has 1 aliphatic rings. The van der Waals surface area contributed by atoms with Gasteiger partial charge in [0.2, 0.25) is 0 Å². The standard InChI is InChI=1S/C20H31FO/c1-2-3-4-6-17-8-10-18(11-9-17)7-5-16-22-20-14-12-19(21)13-15-20/h12-15,17-18H,2-11,16H2,1H3. The van der Waals surface area contributed by atoms with E-state index in [0.29, 0.717) is 0 Å². The number of unbranched alkanes of at least 4 members (excludes halogenated alkanes) is 2. The molecule has 0 aliphatic heterocycles. The Balaban J connectivity index is 1.52. The van der Waals surface area contributed by atoms with E-state index in [4.69, 9.17) is 4.74 Å². The highest BCUT2D eigenvalue weighted by Crippen LogP contribution is 2.34. The van der Waals surface area contributed by atoms with Gasteiger partial charge in [0.1, 0.15) is 11.6 Å². The first-order valence-corrected chi connectivity index (χ1v) is 9.16. The minimum absolute atomic E-state index is 0.206. The van der Waals surface area contributed by atoms with Gasteiger partial charge in [-0.25, -0.2) is 4.39 Å². The van der Waals surface area contributed by atoms with E-state index >= 15 is 0 Å². The Kier molecular flexibility index (Phi) is 7.76. The molecule has 0 bridgehead atoms. The summed E-state index contributed by atoms with van der Waals surface area (Å²) >= 11 is 0. The maximum absolute atomic E-state index is 12.8. The van der Waals surface area contributed by atoms with Crippen molar-refractivity contribution in [2.45, 2.75) is 71.1 Å². The molecule has 0 atom stereocenters. The van der Waals surface area contributed by atoms with Crippen molar-refractivity contribution >= 4 is 0 Å². The van der Waals surface area contributed by atoms with Crippen LogP contribution in [0.2, 0.25) is 0 Å². The van der Waals surface area contributed by atoms with E-state index in [2.05, 4.69) is 6.92 Å². The molecule has 22 heavy (non-hydrogen) atoms. The van der Waals surface area contributed by atoms with Crippen LogP contribution in [0.15, 0.2) is 24.3 Å². The molecule has 0 amide bonds. The third-order valence-corrected chi connectivity index (χ3v) is 5.02. The van der Waals surface area contributed by atoms with Crippen molar-refractivity contribution in [3.05, 3.63) is 30.1 Å². The highest BCUT2D eigenvalue weighted by Gasteiger charge is 2.20. The molecule has 0 saturated heterocycles. The van der Waals surface area contributed by atoms with E-state index in [1.807, 2.05) is 0 Å². The lowest BCUT2D eigenvalue weighted by Crippen LogP contribution is -2.15. The zero-order valence-corrected chi connectivity index (χ0v) is 14.0. The van der Waals surface area contributed by atoms with Crippen LogP contribution in [0.25, 0.3) is 0 Å². The largest absolute Gasteiger partial charge is 0.494 e. The van der Waals surface area contributed by atoms with E-state index < -0.39 is 0 Å². The lowest BCUT2D eigenvalue weighted by atomic mass is 9.78. The van der Waals surface area contributed by atoms with Crippen LogP contribution in [0.1, 0.15) is 71.1 Å². The third-order valence-electron chi connectivity index (χ3n) is 5.02. The molecule has 124 valence electrons. The van der Waals surface area contributed by atoms with E-state index in [1.165, 1.54) is 69.9 Å². The quantitative estimate of drug-likeness (QED) is 0.481. The number of hydrogen-bond donors (Lipinski definition) is 0. The van der Waals surface area contributed by atoms with E-state index in [-0.39, 0.29) is 5.82 Å². The number of rotatable bonds is 9. The van der Waals surface area contributed by atoms with Gasteiger partial charge in [0, 0.05) is 0 Å². The lowest BCUT2D eigenvalue weighted by Gasteiger charge is -2.28. The maximum Gasteiger partial charge on any atom is 0.123 e. The van der Waals surface area contributed by atoms with Crippen molar-refractivity contribution in [1.82, 2.24) is 0 Å². The van der Waals surface area contributed by atoms with Gasteiger partial charge in [-0.1, -0.05) is 58.3 Å². The summed E-state index contributed by atoms with van der Waals surface area (Å²) < 4.78 is 18.5.